The summed E-state index contributed by atoms with van der Waals surface area (Å²) in [7, 11) is 0. The molecule has 1 aromatic heterocycles. The van der Waals surface area contributed by atoms with Crippen LogP contribution >= 0.6 is 0 Å². The molecule has 1 heterocycles. The van der Waals surface area contributed by atoms with Crippen molar-refractivity contribution in [3.05, 3.63) is 22.7 Å². The molecule has 0 aromatic carbocycles. The third-order valence-electron chi connectivity index (χ3n) is 4.15. The lowest BCUT2D eigenvalue weighted by atomic mass is 10.1. The van der Waals surface area contributed by atoms with Crippen LogP contribution in [0, 0.1) is 5.92 Å². The quantitative estimate of drug-likeness (QED) is 0.193. The summed E-state index contributed by atoms with van der Waals surface area (Å²) in [5, 5.41) is 39.1. The Morgan fingerprint density at radius 2 is 2.19 bits per heavy atom. The van der Waals surface area contributed by atoms with Crippen molar-refractivity contribution < 1.29 is 35.1 Å². The number of carbonyl (C=O) groups is 2. The van der Waals surface area contributed by atoms with Gasteiger partial charge in [-0.05, 0) is 12.5 Å². The van der Waals surface area contributed by atoms with Gasteiger partial charge < -0.3 is 26.4 Å². The number of anilines is 1. The number of aliphatic carboxylic acids is 1. The standard InChI is InChI=1S/C14H20N4O8/c15-10(20)4-7(13(22)23)16-11-1-2-18(14(24)17-11)8-3-6(8)12(21)9(5-19)26-25/h1-2,6-9,12,19,21,25H,3-5H2,(H2,15,20)(H,22,23)(H,16,17,24)/t6-,7?,8?,9?,12?/m1/s1. The van der Waals surface area contributed by atoms with E-state index in [1.54, 1.807) is 0 Å². The van der Waals surface area contributed by atoms with Crippen LogP contribution in [-0.4, -0.2) is 66.9 Å². The van der Waals surface area contributed by atoms with Gasteiger partial charge in [0.25, 0.3) is 0 Å². The monoisotopic (exact) mass is 372 g/mol. The highest BCUT2D eigenvalue weighted by molar-refractivity contribution is 5.85. The fourth-order valence-corrected chi connectivity index (χ4v) is 2.69. The molecule has 1 aliphatic rings. The molecule has 0 bridgehead atoms. The van der Waals surface area contributed by atoms with Crippen molar-refractivity contribution in [2.75, 3.05) is 11.9 Å². The Labute approximate surface area is 146 Å². The molecule has 1 aromatic rings. The van der Waals surface area contributed by atoms with Crippen molar-refractivity contribution in [2.45, 2.75) is 37.1 Å². The maximum Gasteiger partial charge on any atom is 0.349 e. The van der Waals surface area contributed by atoms with E-state index in [0.717, 1.165) is 0 Å². The summed E-state index contributed by atoms with van der Waals surface area (Å²) in [6.07, 6.45) is -1.05. The van der Waals surface area contributed by atoms with E-state index in [9.17, 15) is 19.5 Å². The minimum atomic E-state index is -1.32. The van der Waals surface area contributed by atoms with Crippen LogP contribution in [0.2, 0.25) is 0 Å². The van der Waals surface area contributed by atoms with Gasteiger partial charge in [0.15, 0.2) is 0 Å². The minimum Gasteiger partial charge on any atom is -0.480 e. The number of carboxylic acids is 1. The Kier molecular flexibility index (Phi) is 6.26. The van der Waals surface area contributed by atoms with Crippen molar-refractivity contribution in [1.29, 1.82) is 0 Å². The summed E-state index contributed by atoms with van der Waals surface area (Å²) in [6.45, 7) is -0.590. The molecule has 1 fully saturated rings. The number of nitrogens with two attached hydrogens (primary N) is 1. The Morgan fingerprint density at radius 1 is 1.50 bits per heavy atom. The molecule has 1 saturated carbocycles. The maximum atomic E-state index is 12.1. The number of aromatic nitrogens is 2. The lowest BCUT2D eigenvalue weighted by Gasteiger charge is -2.18. The normalized spacial score (nSPS) is 22.3. The number of amides is 1. The van der Waals surface area contributed by atoms with Gasteiger partial charge in [-0.15, -0.1) is 0 Å². The third kappa shape index (κ3) is 4.54. The van der Waals surface area contributed by atoms with Gasteiger partial charge in [0.05, 0.1) is 19.1 Å². The molecule has 0 saturated heterocycles. The highest BCUT2D eigenvalue weighted by Gasteiger charge is 2.47. The van der Waals surface area contributed by atoms with E-state index in [1.807, 2.05) is 0 Å². The molecule has 0 radical (unpaired) electrons. The second-order valence-electron chi connectivity index (χ2n) is 5.99. The van der Waals surface area contributed by atoms with E-state index in [-0.39, 0.29) is 5.82 Å². The number of nitrogens with one attached hydrogen (secondary N) is 1. The van der Waals surface area contributed by atoms with Gasteiger partial charge in [0.2, 0.25) is 5.91 Å². The molecule has 7 N–H and O–H groups in total. The highest BCUT2D eigenvalue weighted by Crippen LogP contribution is 2.45. The zero-order chi connectivity index (χ0) is 19.4. The molecular weight excluding hydrogens is 352 g/mol. The van der Waals surface area contributed by atoms with Crippen LogP contribution in [0.4, 0.5) is 5.82 Å². The second-order valence-corrected chi connectivity index (χ2v) is 5.99. The second kappa shape index (κ2) is 8.23. The molecule has 5 atom stereocenters. The number of aliphatic hydroxyl groups excluding tert-OH is 2. The molecule has 1 amide bonds. The van der Waals surface area contributed by atoms with Gasteiger partial charge in [-0.25, -0.2) is 14.5 Å². The van der Waals surface area contributed by atoms with Crippen LogP contribution in [0.1, 0.15) is 18.9 Å². The Bertz CT molecular complexity index is 719. The van der Waals surface area contributed by atoms with Crippen molar-refractivity contribution in [1.82, 2.24) is 9.55 Å². The minimum absolute atomic E-state index is 0.0374. The fourth-order valence-electron chi connectivity index (χ4n) is 2.69. The molecule has 12 nitrogen and oxygen atoms in total. The average Bonchev–Trinajstić information content (AvgIpc) is 3.35. The number of hydrogen-bond acceptors (Lipinski definition) is 9. The van der Waals surface area contributed by atoms with E-state index >= 15 is 0 Å². The summed E-state index contributed by atoms with van der Waals surface area (Å²) < 4.78 is 1.24. The molecular formula is C14H20N4O8. The first-order chi connectivity index (χ1) is 12.3. The van der Waals surface area contributed by atoms with Crippen LogP contribution in [0.25, 0.3) is 0 Å². The predicted octanol–water partition coefficient (Wildman–Crippen LogP) is -2.24. The van der Waals surface area contributed by atoms with Gasteiger partial charge in [-0.2, -0.15) is 4.98 Å². The highest BCUT2D eigenvalue weighted by atomic mass is 17.1. The molecule has 2 rings (SSSR count). The smallest absolute Gasteiger partial charge is 0.349 e. The Morgan fingerprint density at radius 3 is 2.69 bits per heavy atom. The summed E-state index contributed by atoms with van der Waals surface area (Å²) >= 11 is 0. The van der Waals surface area contributed by atoms with Gasteiger partial charge in [-0.1, -0.05) is 0 Å². The van der Waals surface area contributed by atoms with Crippen molar-refractivity contribution in [3.8, 4) is 0 Å². The molecule has 0 aliphatic heterocycles. The van der Waals surface area contributed by atoms with Crippen LogP contribution in [0.15, 0.2) is 17.1 Å². The van der Waals surface area contributed by atoms with E-state index < -0.39 is 60.8 Å². The number of primary amides is 1. The SMILES string of the molecule is NC(=O)CC(Nc1ccn(C2C[C@H]2C(O)C(CO)OO)c(=O)n1)C(=O)O. The summed E-state index contributed by atoms with van der Waals surface area (Å²) in [4.78, 5) is 41.8. The van der Waals surface area contributed by atoms with Crippen molar-refractivity contribution in [2.24, 2.45) is 11.7 Å². The van der Waals surface area contributed by atoms with Crippen LogP contribution < -0.4 is 16.7 Å². The fraction of sp³-hybridized carbons (Fsp3) is 0.571. The topological polar surface area (TPSA) is 197 Å². The van der Waals surface area contributed by atoms with E-state index in [0.29, 0.717) is 6.42 Å². The number of hydrogen-bond donors (Lipinski definition) is 6. The number of aliphatic hydroxyl groups is 2. The zero-order valence-electron chi connectivity index (χ0n) is 13.6. The molecule has 12 heteroatoms. The zero-order valence-corrected chi connectivity index (χ0v) is 13.6. The lowest BCUT2D eigenvalue weighted by molar-refractivity contribution is -0.304. The van der Waals surface area contributed by atoms with Gasteiger partial charge in [0, 0.05) is 18.2 Å². The number of carbonyl (C=O) groups excluding carboxylic acids is 1. The van der Waals surface area contributed by atoms with Gasteiger partial charge in [-0.3, -0.25) is 14.6 Å². The van der Waals surface area contributed by atoms with Gasteiger partial charge >= 0.3 is 11.7 Å². The largest absolute Gasteiger partial charge is 0.480 e. The first kappa shape index (κ1) is 19.8. The summed E-state index contributed by atoms with van der Waals surface area (Å²) in [5.41, 5.74) is 4.29. The van der Waals surface area contributed by atoms with Crippen LogP contribution in [-0.2, 0) is 14.5 Å². The molecule has 144 valence electrons. The van der Waals surface area contributed by atoms with Crippen molar-refractivity contribution in [3.63, 3.8) is 0 Å². The van der Waals surface area contributed by atoms with E-state index in [4.69, 9.17) is 21.2 Å². The summed E-state index contributed by atoms with van der Waals surface area (Å²) in [5.74, 6) is -2.60. The molecule has 4 unspecified atom stereocenters. The first-order valence-electron chi connectivity index (χ1n) is 7.74. The Hall–Kier alpha value is -2.54. The van der Waals surface area contributed by atoms with E-state index in [2.05, 4.69) is 15.2 Å². The predicted molar refractivity (Wildman–Crippen MR) is 85.1 cm³/mol. The summed E-state index contributed by atoms with van der Waals surface area (Å²) in [6, 6.07) is -0.367. The molecule has 0 spiro atoms. The number of rotatable bonds is 10. The number of nitrogens with zero attached hydrogens (tertiary/aromatic N) is 2. The van der Waals surface area contributed by atoms with E-state index in [1.165, 1.54) is 16.8 Å². The first-order valence-corrected chi connectivity index (χ1v) is 7.74. The van der Waals surface area contributed by atoms with Crippen LogP contribution in [0.5, 0.6) is 0 Å². The third-order valence-corrected chi connectivity index (χ3v) is 4.15. The Balaban J connectivity index is 2.08. The maximum absolute atomic E-state index is 12.1. The van der Waals surface area contributed by atoms with Gasteiger partial charge in [0.1, 0.15) is 18.0 Å². The molecule has 26 heavy (non-hydrogen) atoms. The molecule has 1 aliphatic carbocycles. The average molecular weight is 372 g/mol. The lowest BCUT2D eigenvalue weighted by Crippen LogP contribution is -2.36. The van der Waals surface area contributed by atoms with Crippen molar-refractivity contribution >= 4 is 17.7 Å². The van der Waals surface area contributed by atoms with Crippen LogP contribution in [0.3, 0.4) is 0 Å². The number of carboxylic acid groups (broad SMARTS) is 1.